The van der Waals surface area contributed by atoms with Crippen molar-refractivity contribution in [3.05, 3.63) is 187 Å². The molecule has 0 unspecified atom stereocenters. The van der Waals surface area contributed by atoms with Gasteiger partial charge >= 0.3 is 0 Å². The van der Waals surface area contributed by atoms with Gasteiger partial charge in [0, 0.05) is 38.7 Å². The molecule has 9 aromatic rings. The Bertz CT molecular complexity index is 2720. The maximum Gasteiger partial charge on any atom is 0.258 e. The van der Waals surface area contributed by atoms with E-state index in [9.17, 15) is 4.79 Å². The van der Waals surface area contributed by atoms with Gasteiger partial charge in [0.25, 0.3) is 5.91 Å². The molecule has 0 fully saturated rings. The summed E-state index contributed by atoms with van der Waals surface area (Å²) >= 11 is 0. The molecule has 7 aromatic carbocycles. The number of para-hydroxylation sites is 2. The molecule has 0 saturated heterocycles. The predicted molar refractivity (Wildman–Crippen MR) is 215 cm³/mol. The summed E-state index contributed by atoms with van der Waals surface area (Å²) in [6.07, 6.45) is 0. The van der Waals surface area contributed by atoms with Crippen molar-refractivity contribution < 1.29 is 4.79 Å². The largest absolute Gasteiger partial charge is 0.321 e. The summed E-state index contributed by atoms with van der Waals surface area (Å²) < 4.78 is 2.19. The van der Waals surface area contributed by atoms with E-state index in [1.807, 2.05) is 140 Å². The Morgan fingerprint density at radius 2 is 1.04 bits per heavy atom. The summed E-state index contributed by atoms with van der Waals surface area (Å²) in [5, 5.41) is 5.35. The van der Waals surface area contributed by atoms with Crippen LogP contribution in [0.4, 0.5) is 5.69 Å². The smallest absolute Gasteiger partial charge is 0.258 e. The summed E-state index contributed by atoms with van der Waals surface area (Å²) in [4.78, 5) is 29.2. The third kappa shape index (κ3) is 5.92. The van der Waals surface area contributed by atoms with Gasteiger partial charge in [-0.25, -0.2) is 15.0 Å². The highest BCUT2D eigenvalue weighted by atomic mass is 16.1. The van der Waals surface area contributed by atoms with Crippen LogP contribution >= 0.6 is 0 Å². The molecule has 2 aromatic heterocycles. The maximum atomic E-state index is 14.4. The lowest BCUT2D eigenvalue weighted by atomic mass is 10.0. The van der Waals surface area contributed by atoms with Gasteiger partial charge < -0.3 is 9.88 Å². The van der Waals surface area contributed by atoms with Crippen LogP contribution in [0.2, 0.25) is 0 Å². The van der Waals surface area contributed by atoms with Crippen LogP contribution < -0.4 is 5.32 Å². The molecular formula is C47H33N5O. The van der Waals surface area contributed by atoms with Crippen molar-refractivity contribution in [1.82, 2.24) is 19.5 Å². The zero-order valence-electron chi connectivity index (χ0n) is 28.9. The van der Waals surface area contributed by atoms with Gasteiger partial charge in [-0.15, -0.1) is 0 Å². The third-order valence-electron chi connectivity index (χ3n) is 9.61. The molecule has 1 amide bonds. The fourth-order valence-electron chi connectivity index (χ4n) is 7.09. The number of hydrogen-bond acceptors (Lipinski definition) is 4. The minimum absolute atomic E-state index is 0.170. The molecule has 0 aliphatic rings. The number of fused-ring (bicyclic) bond motifs is 3. The molecule has 2 heterocycles. The van der Waals surface area contributed by atoms with E-state index in [0.717, 1.165) is 66.6 Å². The lowest BCUT2D eigenvalue weighted by Crippen LogP contribution is -2.17. The minimum Gasteiger partial charge on any atom is -0.321 e. The highest BCUT2D eigenvalue weighted by Crippen LogP contribution is 2.37. The molecule has 53 heavy (non-hydrogen) atoms. The molecule has 0 aliphatic heterocycles. The number of aryl methyl sites for hydroxylation is 1. The number of rotatable bonds is 7. The normalized spacial score (nSPS) is 11.2. The van der Waals surface area contributed by atoms with Crippen LogP contribution in [-0.4, -0.2) is 25.4 Å². The first-order chi connectivity index (χ1) is 26.1. The van der Waals surface area contributed by atoms with Crippen LogP contribution in [0.25, 0.3) is 72.8 Å². The lowest BCUT2D eigenvalue weighted by molar-refractivity contribution is 0.102. The lowest BCUT2D eigenvalue weighted by Gasteiger charge is -2.17. The second-order valence-electron chi connectivity index (χ2n) is 13.0. The van der Waals surface area contributed by atoms with E-state index in [1.54, 1.807) is 0 Å². The number of aromatic nitrogens is 4. The van der Waals surface area contributed by atoms with Gasteiger partial charge in [-0.3, -0.25) is 4.79 Å². The number of amides is 1. The number of carbonyl (C=O) groups excluding carboxylic acids is 1. The van der Waals surface area contributed by atoms with E-state index in [0.29, 0.717) is 23.0 Å². The average molecular weight is 684 g/mol. The Morgan fingerprint density at radius 3 is 1.72 bits per heavy atom. The van der Waals surface area contributed by atoms with Crippen LogP contribution in [0.1, 0.15) is 15.9 Å². The van der Waals surface area contributed by atoms with Gasteiger partial charge in [0.15, 0.2) is 17.5 Å². The first kappa shape index (κ1) is 31.8. The topological polar surface area (TPSA) is 72.7 Å². The molecule has 0 saturated carbocycles. The fraction of sp³-hybridized carbons (Fsp3) is 0.0213. The van der Waals surface area contributed by atoms with Crippen molar-refractivity contribution >= 4 is 33.4 Å². The summed E-state index contributed by atoms with van der Waals surface area (Å²) in [5.74, 6) is 1.64. The van der Waals surface area contributed by atoms with Crippen molar-refractivity contribution in [2.24, 2.45) is 0 Å². The number of anilines is 1. The van der Waals surface area contributed by atoms with Gasteiger partial charge in [0.2, 0.25) is 0 Å². The van der Waals surface area contributed by atoms with Gasteiger partial charge in [-0.05, 0) is 54.4 Å². The van der Waals surface area contributed by atoms with Crippen molar-refractivity contribution in [1.29, 1.82) is 0 Å². The zero-order chi connectivity index (χ0) is 35.7. The summed E-state index contributed by atoms with van der Waals surface area (Å²) in [7, 11) is 0. The molecule has 1 N–H and O–H groups in total. The second-order valence-corrected chi connectivity index (χ2v) is 13.0. The van der Waals surface area contributed by atoms with Crippen molar-refractivity contribution in [3.63, 3.8) is 0 Å². The highest BCUT2D eigenvalue weighted by Gasteiger charge is 2.22. The number of carbonyl (C=O) groups is 1. The minimum atomic E-state index is -0.170. The van der Waals surface area contributed by atoms with Gasteiger partial charge in [-0.1, -0.05) is 140 Å². The van der Waals surface area contributed by atoms with E-state index in [1.165, 1.54) is 0 Å². The SMILES string of the molecule is Cc1cccc(-n2c3ccccc3c3cc(-c4nc(-c5ccccc5)nc(-c5ccccc5)n4)ccc32)c1C(=O)Nc1ccccc1-c1ccccc1. The fourth-order valence-corrected chi connectivity index (χ4v) is 7.09. The van der Waals surface area contributed by atoms with Gasteiger partial charge in [0.05, 0.1) is 22.3 Å². The second kappa shape index (κ2) is 13.5. The molecule has 6 heteroatoms. The number of nitrogens with one attached hydrogen (secondary N) is 1. The van der Waals surface area contributed by atoms with Crippen LogP contribution in [-0.2, 0) is 0 Å². The van der Waals surface area contributed by atoms with E-state index in [-0.39, 0.29) is 5.91 Å². The molecule has 0 atom stereocenters. The van der Waals surface area contributed by atoms with Gasteiger partial charge in [-0.2, -0.15) is 0 Å². The maximum absolute atomic E-state index is 14.4. The third-order valence-corrected chi connectivity index (χ3v) is 9.61. The van der Waals surface area contributed by atoms with Crippen molar-refractivity contribution in [3.8, 4) is 51.0 Å². The number of benzene rings is 7. The summed E-state index contributed by atoms with van der Waals surface area (Å²) in [6.45, 7) is 1.99. The Kier molecular flexibility index (Phi) is 8.10. The highest BCUT2D eigenvalue weighted by molar-refractivity contribution is 6.13. The summed E-state index contributed by atoms with van der Waals surface area (Å²) in [6, 6.07) is 58.7. The van der Waals surface area contributed by atoms with E-state index >= 15 is 0 Å². The molecule has 0 bridgehead atoms. The monoisotopic (exact) mass is 683 g/mol. The molecule has 9 rings (SSSR count). The Labute approximate surface area is 307 Å². The molecule has 0 radical (unpaired) electrons. The van der Waals surface area contributed by atoms with E-state index in [4.69, 9.17) is 15.0 Å². The van der Waals surface area contributed by atoms with Crippen LogP contribution in [0.3, 0.4) is 0 Å². The Balaban J connectivity index is 1.18. The average Bonchev–Trinajstić information content (AvgIpc) is 3.55. The first-order valence-corrected chi connectivity index (χ1v) is 17.6. The molecule has 252 valence electrons. The summed E-state index contributed by atoms with van der Waals surface area (Å²) in [5.41, 5.74) is 9.73. The Morgan fingerprint density at radius 1 is 0.491 bits per heavy atom. The standard InChI is InChI=1S/C47H33N5O/c1-31-16-15-27-42(43(31)47(53)48-39-25-13-11-23-36(39)32-17-5-2-6-18-32)52-40-26-14-12-24-37(40)38-30-35(28-29-41(38)52)46-50-44(33-19-7-3-8-20-33)49-45(51-46)34-21-9-4-10-22-34/h2-30H,1H3,(H,48,53). The van der Waals surface area contributed by atoms with Crippen LogP contribution in [0.5, 0.6) is 0 Å². The molecule has 0 aliphatic carbocycles. The van der Waals surface area contributed by atoms with Crippen molar-refractivity contribution in [2.45, 2.75) is 6.92 Å². The predicted octanol–water partition coefficient (Wildman–Crippen LogP) is 11.2. The number of nitrogens with zero attached hydrogens (tertiary/aromatic N) is 4. The molecular weight excluding hydrogens is 651 g/mol. The quantitative estimate of drug-likeness (QED) is 0.181. The van der Waals surface area contributed by atoms with E-state index in [2.05, 4.69) is 52.3 Å². The van der Waals surface area contributed by atoms with Crippen molar-refractivity contribution in [2.75, 3.05) is 5.32 Å². The molecule has 0 spiro atoms. The zero-order valence-corrected chi connectivity index (χ0v) is 28.9. The first-order valence-electron chi connectivity index (χ1n) is 17.6. The van der Waals surface area contributed by atoms with Crippen LogP contribution in [0.15, 0.2) is 176 Å². The van der Waals surface area contributed by atoms with Crippen LogP contribution in [0, 0.1) is 6.92 Å². The molecule has 6 nitrogen and oxygen atoms in total. The number of hydrogen-bond donors (Lipinski definition) is 1. The van der Waals surface area contributed by atoms with E-state index < -0.39 is 0 Å². The Hall–Kier alpha value is -7.18. The van der Waals surface area contributed by atoms with Gasteiger partial charge in [0.1, 0.15) is 0 Å².